The average molecular weight is 401 g/mol. The molecule has 0 aliphatic carbocycles. The Hall–Kier alpha value is -2.66. The predicted octanol–water partition coefficient (Wildman–Crippen LogP) is 4.80. The molecule has 5 heteroatoms. The molecule has 2 rings (SSSR count). The van der Waals surface area contributed by atoms with Gasteiger partial charge < -0.3 is 9.47 Å². The highest BCUT2D eigenvalue weighted by molar-refractivity contribution is 9.10. The minimum absolute atomic E-state index is 0.113. The molecule has 0 saturated carbocycles. The van der Waals surface area contributed by atoms with Crippen molar-refractivity contribution in [3.8, 4) is 5.75 Å². The molecule has 0 fully saturated rings. The molecule has 4 nitrogen and oxygen atoms in total. The first kappa shape index (κ1) is 18.7. The van der Waals surface area contributed by atoms with Gasteiger partial charge in [-0.2, -0.15) is 0 Å². The fraction of sp³-hybridized carbons (Fsp3) is 0.100. The molecule has 0 unspecified atom stereocenters. The third-order valence-corrected chi connectivity index (χ3v) is 3.62. The van der Waals surface area contributed by atoms with Crippen LogP contribution in [0.3, 0.4) is 0 Å². The summed E-state index contributed by atoms with van der Waals surface area (Å²) in [6.07, 6.45) is 5.63. The molecule has 0 atom stereocenters. The summed E-state index contributed by atoms with van der Waals surface area (Å²) in [5, 5.41) is 0. The van der Waals surface area contributed by atoms with E-state index in [9.17, 15) is 9.59 Å². The second-order valence-corrected chi connectivity index (χ2v) is 5.83. The van der Waals surface area contributed by atoms with E-state index in [1.165, 1.54) is 18.4 Å². The first-order valence-corrected chi connectivity index (χ1v) is 8.46. The van der Waals surface area contributed by atoms with Crippen LogP contribution in [0.25, 0.3) is 6.08 Å². The van der Waals surface area contributed by atoms with Gasteiger partial charge in [-0.05, 0) is 37.3 Å². The molecule has 0 aliphatic heterocycles. The van der Waals surface area contributed by atoms with Gasteiger partial charge in [-0.3, -0.25) is 4.79 Å². The quantitative estimate of drug-likeness (QED) is 0.290. The highest BCUT2D eigenvalue weighted by atomic mass is 79.9. The molecule has 0 aromatic heterocycles. The Morgan fingerprint density at radius 1 is 1.08 bits per heavy atom. The van der Waals surface area contributed by atoms with Crippen molar-refractivity contribution >= 4 is 33.8 Å². The summed E-state index contributed by atoms with van der Waals surface area (Å²) >= 11 is 3.35. The van der Waals surface area contributed by atoms with Gasteiger partial charge in [0.2, 0.25) is 0 Å². The molecule has 0 bridgehead atoms. The van der Waals surface area contributed by atoms with E-state index in [0.29, 0.717) is 17.9 Å². The number of hydrogen-bond donors (Lipinski definition) is 0. The number of benzene rings is 2. The monoisotopic (exact) mass is 400 g/mol. The van der Waals surface area contributed by atoms with E-state index in [-0.39, 0.29) is 5.78 Å². The SMILES string of the molecule is CCOC(=O)/C=C/Oc1ccccc1/C=C/C(=O)c1cccc(Br)c1. The lowest BCUT2D eigenvalue weighted by Crippen LogP contribution is -1.99. The summed E-state index contributed by atoms with van der Waals surface area (Å²) in [4.78, 5) is 23.5. The van der Waals surface area contributed by atoms with Gasteiger partial charge in [0.05, 0.1) is 18.9 Å². The second-order valence-electron chi connectivity index (χ2n) is 4.92. The number of hydrogen-bond acceptors (Lipinski definition) is 4. The van der Waals surface area contributed by atoms with E-state index in [1.54, 1.807) is 37.3 Å². The van der Waals surface area contributed by atoms with Gasteiger partial charge in [-0.1, -0.05) is 46.3 Å². The summed E-state index contributed by atoms with van der Waals surface area (Å²) in [6.45, 7) is 2.04. The average Bonchev–Trinajstić information content (AvgIpc) is 2.61. The van der Waals surface area contributed by atoms with E-state index in [1.807, 2.05) is 24.3 Å². The number of rotatable bonds is 7. The van der Waals surface area contributed by atoms with E-state index in [0.717, 1.165) is 10.0 Å². The number of carbonyl (C=O) groups excluding carboxylic acids is 2. The smallest absolute Gasteiger partial charge is 0.333 e. The van der Waals surface area contributed by atoms with Crippen molar-refractivity contribution in [1.29, 1.82) is 0 Å². The van der Waals surface area contributed by atoms with Crippen molar-refractivity contribution in [2.75, 3.05) is 6.61 Å². The summed E-state index contributed by atoms with van der Waals surface area (Å²) in [7, 11) is 0. The summed E-state index contributed by atoms with van der Waals surface area (Å²) in [5.41, 5.74) is 1.31. The summed E-state index contributed by atoms with van der Waals surface area (Å²) in [5.74, 6) is -0.0557. The van der Waals surface area contributed by atoms with Crippen LogP contribution in [-0.4, -0.2) is 18.4 Å². The van der Waals surface area contributed by atoms with E-state index < -0.39 is 5.97 Å². The summed E-state index contributed by atoms with van der Waals surface area (Å²) in [6, 6.07) is 14.4. The maximum absolute atomic E-state index is 12.2. The zero-order valence-corrected chi connectivity index (χ0v) is 15.2. The lowest BCUT2D eigenvalue weighted by molar-refractivity contribution is -0.137. The largest absolute Gasteiger partial charge is 0.464 e. The van der Waals surface area contributed by atoms with Gasteiger partial charge in [0, 0.05) is 15.6 Å². The molecule has 0 aliphatic rings. The first-order chi connectivity index (χ1) is 12.1. The van der Waals surface area contributed by atoms with Gasteiger partial charge in [0.25, 0.3) is 0 Å². The van der Waals surface area contributed by atoms with Gasteiger partial charge in [-0.25, -0.2) is 4.79 Å². The number of allylic oxidation sites excluding steroid dienone is 1. The second kappa shape index (κ2) is 9.59. The number of esters is 1. The Bertz CT molecular complexity index is 809. The van der Waals surface area contributed by atoms with Crippen molar-refractivity contribution < 1.29 is 19.1 Å². The number of para-hydroxylation sites is 1. The van der Waals surface area contributed by atoms with Crippen LogP contribution in [0, 0.1) is 0 Å². The Kier molecular flexibility index (Phi) is 7.16. The number of ether oxygens (including phenoxy) is 2. The lowest BCUT2D eigenvalue weighted by Gasteiger charge is -2.04. The number of carbonyl (C=O) groups is 2. The van der Waals surface area contributed by atoms with E-state index in [4.69, 9.17) is 9.47 Å². The number of halogens is 1. The maximum Gasteiger partial charge on any atom is 0.333 e. The normalized spacial score (nSPS) is 11.0. The van der Waals surface area contributed by atoms with E-state index >= 15 is 0 Å². The van der Waals surface area contributed by atoms with Crippen molar-refractivity contribution in [1.82, 2.24) is 0 Å². The molecule has 2 aromatic rings. The van der Waals surface area contributed by atoms with Crippen LogP contribution in [0.2, 0.25) is 0 Å². The molecule has 0 amide bonds. The minimum atomic E-state index is -0.472. The molecule has 2 aromatic carbocycles. The molecule has 0 heterocycles. The molecule has 0 spiro atoms. The third-order valence-electron chi connectivity index (χ3n) is 3.13. The Morgan fingerprint density at radius 2 is 1.88 bits per heavy atom. The Balaban J connectivity index is 2.09. The zero-order valence-electron chi connectivity index (χ0n) is 13.6. The molecule has 25 heavy (non-hydrogen) atoms. The minimum Gasteiger partial charge on any atom is -0.464 e. The van der Waals surface area contributed by atoms with Crippen LogP contribution in [0.1, 0.15) is 22.8 Å². The molecular formula is C20H17BrO4. The highest BCUT2D eigenvalue weighted by Gasteiger charge is 2.04. The first-order valence-electron chi connectivity index (χ1n) is 7.67. The van der Waals surface area contributed by atoms with Crippen LogP contribution >= 0.6 is 15.9 Å². The predicted molar refractivity (Wildman–Crippen MR) is 100 cm³/mol. The standard InChI is InChI=1S/C20H17BrO4/c1-2-24-20(23)12-13-25-19-9-4-3-6-15(19)10-11-18(22)16-7-5-8-17(21)14-16/h3-14H,2H2,1H3/b11-10+,13-12+. The van der Waals surface area contributed by atoms with Crippen molar-refractivity contribution in [2.24, 2.45) is 0 Å². The zero-order chi connectivity index (χ0) is 18.1. The van der Waals surface area contributed by atoms with Crippen LogP contribution in [-0.2, 0) is 9.53 Å². The molecule has 128 valence electrons. The van der Waals surface area contributed by atoms with Gasteiger partial charge in [-0.15, -0.1) is 0 Å². The highest BCUT2D eigenvalue weighted by Crippen LogP contribution is 2.20. The molecular weight excluding hydrogens is 384 g/mol. The topological polar surface area (TPSA) is 52.6 Å². The Labute approximate surface area is 154 Å². The van der Waals surface area contributed by atoms with Gasteiger partial charge in [0.1, 0.15) is 5.75 Å². The fourth-order valence-electron chi connectivity index (χ4n) is 1.98. The van der Waals surface area contributed by atoms with E-state index in [2.05, 4.69) is 15.9 Å². The maximum atomic E-state index is 12.2. The van der Waals surface area contributed by atoms with Crippen molar-refractivity contribution in [3.63, 3.8) is 0 Å². The molecule has 0 radical (unpaired) electrons. The van der Waals surface area contributed by atoms with Crippen molar-refractivity contribution in [2.45, 2.75) is 6.92 Å². The van der Waals surface area contributed by atoms with Gasteiger partial charge in [0.15, 0.2) is 5.78 Å². The lowest BCUT2D eigenvalue weighted by atomic mass is 10.1. The third kappa shape index (κ3) is 6.04. The molecule has 0 N–H and O–H groups in total. The van der Waals surface area contributed by atoms with Crippen LogP contribution < -0.4 is 4.74 Å². The van der Waals surface area contributed by atoms with Crippen LogP contribution in [0.5, 0.6) is 5.75 Å². The Morgan fingerprint density at radius 3 is 2.64 bits per heavy atom. The van der Waals surface area contributed by atoms with Crippen LogP contribution in [0.15, 0.2) is 71.4 Å². The van der Waals surface area contributed by atoms with Crippen molar-refractivity contribution in [3.05, 3.63) is 82.5 Å². The fourth-order valence-corrected chi connectivity index (χ4v) is 2.38. The molecule has 0 saturated heterocycles. The summed E-state index contributed by atoms with van der Waals surface area (Å²) < 4.78 is 11.1. The number of ketones is 1. The van der Waals surface area contributed by atoms with Gasteiger partial charge >= 0.3 is 5.97 Å². The van der Waals surface area contributed by atoms with Crippen LogP contribution in [0.4, 0.5) is 0 Å².